The van der Waals surface area contributed by atoms with Gasteiger partial charge in [0.1, 0.15) is 40.0 Å². The van der Waals surface area contributed by atoms with E-state index < -0.39 is 17.9 Å². The Morgan fingerprint density at radius 1 is 0.786 bits per heavy atom. The molecule has 28 heavy (non-hydrogen) atoms. The highest BCUT2D eigenvalue weighted by atomic mass is 16.4. The lowest BCUT2D eigenvalue weighted by molar-refractivity contribution is -0.596. The molecular weight excluding hydrogens is 372 g/mol. The van der Waals surface area contributed by atoms with Crippen molar-refractivity contribution in [3.63, 3.8) is 0 Å². The van der Waals surface area contributed by atoms with Gasteiger partial charge in [-0.15, -0.1) is 0 Å². The van der Waals surface area contributed by atoms with Crippen LogP contribution in [-0.2, 0) is 14.4 Å². The van der Waals surface area contributed by atoms with Crippen LogP contribution >= 0.6 is 0 Å². The van der Waals surface area contributed by atoms with Gasteiger partial charge in [-0.3, -0.25) is 9.59 Å². The molecule has 0 radical (unpaired) electrons. The van der Waals surface area contributed by atoms with E-state index in [1.165, 1.54) is 0 Å². The Kier molecular flexibility index (Phi) is 6.31. The van der Waals surface area contributed by atoms with E-state index >= 15 is 0 Å². The molecule has 12 heteroatoms. The Labute approximate surface area is 162 Å². The lowest BCUT2D eigenvalue weighted by Crippen LogP contribution is -2.71. The zero-order chi connectivity index (χ0) is 20.3. The quantitative estimate of drug-likeness (QED) is 0.379. The molecule has 1 saturated heterocycles. The number of aliphatic carboxylic acids is 3. The molecule has 3 rings (SSSR count). The van der Waals surface area contributed by atoms with Crippen LogP contribution in [0.2, 0.25) is 0 Å². The molecule has 3 aliphatic heterocycles. The van der Waals surface area contributed by atoms with Crippen molar-refractivity contribution in [1.82, 2.24) is 24.5 Å². The number of carboxylic acids is 3. The number of carboxylic acid groups (broad SMARTS) is 3. The van der Waals surface area contributed by atoms with E-state index in [1.807, 2.05) is 14.7 Å². The highest BCUT2D eigenvalue weighted by Gasteiger charge is 2.44. The monoisotopic (exact) mass is 398 g/mol. The molecule has 0 amide bonds. The van der Waals surface area contributed by atoms with Crippen LogP contribution < -0.4 is 5.11 Å². The summed E-state index contributed by atoms with van der Waals surface area (Å²) in [4.78, 5) is 43.0. The summed E-state index contributed by atoms with van der Waals surface area (Å²) in [6.45, 7) is 4.53. The summed E-state index contributed by atoms with van der Waals surface area (Å²) in [5.41, 5.74) is 0. The molecule has 0 unspecified atom stereocenters. The average Bonchev–Trinajstić information content (AvgIpc) is 2.62. The van der Waals surface area contributed by atoms with Crippen molar-refractivity contribution in [3.8, 4) is 0 Å². The van der Waals surface area contributed by atoms with Crippen LogP contribution in [0, 0.1) is 0 Å². The van der Waals surface area contributed by atoms with E-state index in [1.54, 1.807) is 0 Å². The molecule has 2 N–H and O–H groups in total. The number of guanidine groups is 1. The molecule has 0 aromatic carbocycles. The SMILES string of the molecule is O=C([O-])CCN1CN2CN(CCC(=O)O)CN3CN(CCC(=O)O)C[N+](=C23)C1. The van der Waals surface area contributed by atoms with E-state index in [2.05, 4.69) is 14.4 Å². The largest absolute Gasteiger partial charge is 0.550 e. The van der Waals surface area contributed by atoms with Gasteiger partial charge in [0.2, 0.25) is 0 Å². The molecule has 0 atom stereocenters. The van der Waals surface area contributed by atoms with Gasteiger partial charge >= 0.3 is 17.9 Å². The number of nitrogens with zero attached hydrogens (tertiary/aromatic N) is 6. The molecule has 0 spiro atoms. The number of carbonyl (C=O) groups is 3. The van der Waals surface area contributed by atoms with Crippen molar-refractivity contribution in [2.24, 2.45) is 0 Å². The van der Waals surface area contributed by atoms with Crippen LogP contribution in [0.25, 0.3) is 0 Å². The Balaban J connectivity index is 1.74. The van der Waals surface area contributed by atoms with Crippen LogP contribution in [0.15, 0.2) is 0 Å². The summed E-state index contributed by atoms with van der Waals surface area (Å²) in [5, 5.41) is 28.8. The minimum atomic E-state index is -1.10. The van der Waals surface area contributed by atoms with Crippen LogP contribution in [-0.4, -0.2) is 123 Å². The van der Waals surface area contributed by atoms with Crippen LogP contribution in [0.5, 0.6) is 0 Å². The van der Waals surface area contributed by atoms with Gasteiger partial charge in [-0.25, -0.2) is 29.1 Å². The lowest BCUT2D eigenvalue weighted by atomic mass is 10.3. The van der Waals surface area contributed by atoms with Gasteiger partial charge in [-0.2, -0.15) is 0 Å². The standard InChI is InChI=1S/C16H26N6O6/c23-13(24)1-4-17-7-20-9-18(5-2-14(25)26)11-22-12-19(6-3-15(27)28)10-21(8-17)16(20)22/h1-12H2,(H2-,23,24,25,26,27,28). The zero-order valence-electron chi connectivity index (χ0n) is 15.7. The van der Waals surface area contributed by atoms with Crippen molar-refractivity contribution >= 4 is 23.9 Å². The zero-order valence-corrected chi connectivity index (χ0v) is 15.7. The molecule has 12 nitrogen and oxygen atoms in total. The number of rotatable bonds is 9. The number of carbonyl (C=O) groups excluding carboxylic acids is 1. The molecule has 3 heterocycles. The first-order chi connectivity index (χ1) is 13.3. The summed E-state index contributed by atoms with van der Waals surface area (Å²) < 4.78 is 2.11. The maximum Gasteiger partial charge on any atom is 0.356 e. The van der Waals surface area contributed by atoms with E-state index in [9.17, 15) is 19.5 Å². The molecule has 3 aliphatic rings. The second-order valence-corrected chi connectivity index (χ2v) is 7.36. The van der Waals surface area contributed by atoms with Gasteiger partial charge in [-0.05, 0) is 6.42 Å². The highest BCUT2D eigenvalue weighted by molar-refractivity contribution is 5.76. The third-order valence-corrected chi connectivity index (χ3v) is 4.99. The maximum atomic E-state index is 10.9. The number of hydrogen-bond acceptors (Lipinski definition) is 9. The summed E-state index contributed by atoms with van der Waals surface area (Å²) in [5.74, 6) is -1.78. The minimum absolute atomic E-state index is 0.0395. The molecule has 156 valence electrons. The van der Waals surface area contributed by atoms with Crippen molar-refractivity contribution in [2.75, 3.05) is 59.6 Å². The summed E-state index contributed by atoms with van der Waals surface area (Å²) in [7, 11) is 0. The van der Waals surface area contributed by atoms with Gasteiger partial charge in [0.25, 0.3) is 0 Å². The Bertz CT molecular complexity index is 626. The van der Waals surface area contributed by atoms with Crippen molar-refractivity contribution < 1.29 is 34.3 Å². The minimum Gasteiger partial charge on any atom is -0.550 e. The third kappa shape index (κ3) is 5.09. The first-order valence-corrected chi connectivity index (χ1v) is 9.24. The van der Waals surface area contributed by atoms with Gasteiger partial charge in [0.05, 0.1) is 12.8 Å². The Hall–Kier alpha value is -2.44. The van der Waals surface area contributed by atoms with Crippen LogP contribution in [0.3, 0.4) is 0 Å². The lowest BCUT2D eigenvalue weighted by Gasteiger charge is -2.48. The fourth-order valence-electron chi connectivity index (χ4n) is 3.88. The molecular formula is C16H26N6O6. The first-order valence-electron chi connectivity index (χ1n) is 9.24. The van der Waals surface area contributed by atoms with Crippen molar-refractivity contribution in [1.29, 1.82) is 0 Å². The summed E-state index contributed by atoms with van der Waals surface area (Å²) >= 11 is 0. The number of hydrogen-bond donors (Lipinski definition) is 2. The van der Waals surface area contributed by atoms with Crippen LogP contribution in [0.1, 0.15) is 19.3 Å². The predicted molar refractivity (Wildman–Crippen MR) is 92.4 cm³/mol. The first kappa shape index (κ1) is 20.3. The molecule has 0 bridgehead atoms. The smallest absolute Gasteiger partial charge is 0.356 e. The summed E-state index contributed by atoms with van der Waals surface area (Å²) in [6, 6.07) is 0. The fourth-order valence-corrected chi connectivity index (χ4v) is 3.88. The van der Waals surface area contributed by atoms with E-state index in [4.69, 9.17) is 10.2 Å². The maximum absolute atomic E-state index is 10.9. The van der Waals surface area contributed by atoms with E-state index in [0.29, 0.717) is 59.6 Å². The Morgan fingerprint density at radius 2 is 1.21 bits per heavy atom. The van der Waals surface area contributed by atoms with Crippen LogP contribution in [0.4, 0.5) is 0 Å². The average molecular weight is 398 g/mol. The molecule has 0 aliphatic carbocycles. The second kappa shape index (κ2) is 8.71. The Morgan fingerprint density at radius 3 is 1.68 bits per heavy atom. The summed E-state index contributed by atoms with van der Waals surface area (Å²) in [6.07, 6.45) is 0.0158. The van der Waals surface area contributed by atoms with Gasteiger partial charge in [0.15, 0.2) is 0 Å². The molecule has 0 aromatic heterocycles. The van der Waals surface area contributed by atoms with Gasteiger partial charge < -0.3 is 20.1 Å². The molecule has 0 aromatic rings. The molecule has 1 fully saturated rings. The fraction of sp³-hybridized carbons (Fsp3) is 0.750. The molecule has 0 saturated carbocycles. The topological polar surface area (TPSA) is 134 Å². The predicted octanol–water partition coefficient (Wildman–Crippen LogP) is -3.26. The third-order valence-electron chi connectivity index (χ3n) is 4.99. The van der Waals surface area contributed by atoms with Crippen molar-refractivity contribution in [3.05, 3.63) is 0 Å². The highest BCUT2D eigenvalue weighted by Crippen LogP contribution is 2.20. The van der Waals surface area contributed by atoms with Gasteiger partial charge in [-0.1, -0.05) is 0 Å². The van der Waals surface area contributed by atoms with E-state index in [0.717, 1.165) is 5.96 Å². The van der Waals surface area contributed by atoms with Crippen molar-refractivity contribution in [2.45, 2.75) is 19.3 Å². The van der Waals surface area contributed by atoms with E-state index in [-0.39, 0.29) is 19.3 Å². The normalized spacial score (nSPS) is 21.0. The van der Waals surface area contributed by atoms with Gasteiger partial charge in [0, 0.05) is 25.6 Å². The second-order valence-electron chi connectivity index (χ2n) is 7.36.